The van der Waals surface area contributed by atoms with Crippen LogP contribution in [0.5, 0.6) is 0 Å². The van der Waals surface area contributed by atoms with Crippen molar-refractivity contribution in [2.75, 3.05) is 5.75 Å². The number of carboxylic acids is 1. The van der Waals surface area contributed by atoms with Crippen LogP contribution in [0.25, 0.3) is 0 Å². The Labute approximate surface area is 130 Å². The number of amides is 2. The zero-order chi connectivity index (χ0) is 15.4. The van der Waals surface area contributed by atoms with Crippen LogP contribution in [0.15, 0.2) is 0 Å². The Morgan fingerprint density at radius 3 is 2.57 bits per heavy atom. The number of nitrogens with zero attached hydrogens (tertiary/aromatic N) is 1. The van der Waals surface area contributed by atoms with Crippen LogP contribution in [0.1, 0.15) is 52.4 Å². The molecule has 0 spiro atoms. The molecule has 0 aromatic rings. The molecule has 0 bridgehead atoms. The molecule has 3 unspecified atom stereocenters. The van der Waals surface area contributed by atoms with Crippen molar-refractivity contribution in [3.63, 3.8) is 0 Å². The lowest BCUT2D eigenvalue weighted by atomic mass is 9.84. The molecule has 2 N–H and O–H groups in total. The minimum atomic E-state index is -0.904. The summed E-state index contributed by atoms with van der Waals surface area (Å²) in [5.41, 5.74) is 0. The summed E-state index contributed by atoms with van der Waals surface area (Å²) in [7, 11) is 0. The maximum atomic E-state index is 12.5. The minimum Gasteiger partial charge on any atom is -0.480 e. The summed E-state index contributed by atoms with van der Waals surface area (Å²) in [6.45, 7) is 4.04. The fraction of sp³-hybridized carbons (Fsp3) is 0.867. The molecule has 2 aliphatic rings. The Balaban J connectivity index is 1.97. The topological polar surface area (TPSA) is 69.6 Å². The van der Waals surface area contributed by atoms with Crippen LogP contribution in [0, 0.1) is 5.92 Å². The molecule has 1 saturated heterocycles. The molecule has 2 rings (SSSR count). The first kappa shape index (κ1) is 16.5. The highest BCUT2D eigenvalue weighted by Gasteiger charge is 2.41. The van der Waals surface area contributed by atoms with Gasteiger partial charge < -0.3 is 10.4 Å². The lowest BCUT2D eigenvalue weighted by molar-refractivity contribution is -0.141. The summed E-state index contributed by atoms with van der Waals surface area (Å²) in [5, 5.41) is 12.3. The lowest BCUT2D eigenvalue weighted by Crippen LogP contribution is -2.53. The standard InChI is InChI=1S/C15H26N2O3S/c1-3-13-17(12(9-21-13)14(18)19)15(20)16-10(2)11-7-5-4-6-8-11/h10-13H,3-9H2,1-2H3,(H,16,20)(H,18,19). The molecule has 1 aliphatic carbocycles. The van der Waals surface area contributed by atoms with E-state index in [9.17, 15) is 14.7 Å². The van der Waals surface area contributed by atoms with Gasteiger partial charge in [-0.25, -0.2) is 9.59 Å². The quantitative estimate of drug-likeness (QED) is 0.837. The third-order valence-corrected chi connectivity index (χ3v) is 6.12. The second kappa shape index (κ2) is 7.38. The van der Waals surface area contributed by atoms with E-state index in [1.807, 2.05) is 13.8 Å². The number of hydrogen-bond acceptors (Lipinski definition) is 3. The van der Waals surface area contributed by atoms with Crippen molar-refractivity contribution in [2.45, 2.75) is 69.8 Å². The van der Waals surface area contributed by atoms with Gasteiger partial charge in [-0.05, 0) is 32.1 Å². The van der Waals surface area contributed by atoms with E-state index in [1.165, 1.54) is 24.2 Å². The van der Waals surface area contributed by atoms with Gasteiger partial charge in [-0.3, -0.25) is 4.90 Å². The number of hydrogen-bond donors (Lipinski definition) is 2. The molecule has 0 radical (unpaired) electrons. The monoisotopic (exact) mass is 314 g/mol. The Morgan fingerprint density at radius 1 is 1.33 bits per heavy atom. The smallest absolute Gasteiger partial charge is 0.327 e. The second-order valence-electron chi connectivity index (χ2n) is 6.09. The van der Waals surface area contributed by atoms with E-state index >= 15 is 0 Å². The highest BCUT2D eigenvalue weighted by molar-refractivity contribution is 8.00. The van der Waals surface area contributed by atoms with Crippen LogP contribution in [0.2, 0.25) is 0 Å². The van der Waals surface area contributed by atoms with Crippen LogP contribution in [-0.4, -0.2) is 45.2 Å². The number of rotatable bonds is 4. The SMILES string of the molecule is CCC1SCC(C(=O)O)N1C(=O)NC(C)C1CCCCC1. The van der Waals surface area contributed by atoms with Gasteiger partial charge in [-0.1, -0.05) is 26.2 Å². The number of nitrogens with one attached hydrogen (secondary N) is 1. The molecule has 1 heterocycles. The van der Waals surface area contributed by atoms with Crippen molar-refractivity contribution in [1.82, 2.24) is 10.2 Å². The number of carbonyl (C=O) groups is 2. The molecule has 120 valence electrons. The van der Waals surface area contributed by atoms with Crippen LogP contribution >= 0.6 is 11.8 Å². The molecule has 21 heavy (non-hydrogen) atoms. The van der Waals surface area contributed by atoms with E-state index in [4.69, 9.17) is 0 Å². The van der Waals surface area contributed by atoms with Gasteiger partial charge in [0.25, 0.3) is 0 Å². The summed E-state index contributed by atoms with van der Waals surface area (Å²) < 4.78 is 0. The van der Waals surface area contributed by atoms with E-state index in [-0.39, 0.29) is 17.4 Å². The third kappa shape index (κ3) is 3.84. The number of urea groups is 1. The summed E-state index contributed by atoms with van der Waals surface area (Å²) in [6.07, 6.45) is 6.86. The normalized spacial score (nSPS) is 28.4. The van der Waals surface area contributed by atoms with E-state index in [0.29, 0.717) is 11.7 Å². The van der Waals surface area contributed by atoms with Crippen molar-refractivity contribution in [3.8, 4) is 0 Å². The maximum Gasteiger partial charge on any atom is 0.327 e. The first-order chi connectivity index (χ1) is 10.0. The maximum absolute atomic E-state index is 12.5. The van der Waals surface area contributed by atoms with E-state index in [0.717, 1.165) is 19.3 Å². The van der Waals surface area contributed by atoms with E-state index < -0.39 is 12.0 Å². The Morgan fingerprint density at radius 2 is 2.00 bits per heavy atom. The Bertz CT molecular complexity index is 385. The van der Waals surface area contributed by atoms with Gasteiger partial charge in [0.2, 0.25) is 0 Å². The van der Waals surface area contributed by atoms with Crippen molar-refractivity contribution >= 4 is 23.8 Å². The van der Waals surface area contributed by atoms with Crippen molar-refractivity contribution in [3.05, 3.63) is 0 Å². The number of aliphatic carboxylic acids is 1. The van der Waals surface area contributed by atoms with Gasteiger partial charge in [0.1, 0.15) is 6.04 Å². The van der Waals surface area contributed by atoms with Crippen LogP contribution in [-0.2, 0) is 4.79 Å². The molecule has 1 saturated carbocycles. The molecule has 5 nitrogen and oxygen atoms in total. The molecule has 2 amide bonds. The van der Waals surface area contributed by atoms with Gasteiger partial charge in [0, 0.05) is 11.8 Å². The molecule has 0 aromatic carbocycles. The highest BCUT2D eigenvalue weighted by Crippen LogP contribution is 2.32. The van der Waals surface area contributed by atoms with Crippen LogP contribution < -0.4 is 5.32 Å². The Kier molecular flexibility index (Phi) is 5.79. The zero-order valence-corrected chi connectivity index (χ0v) is 13.7. The first-order valence-electron chi connectivity index (χ1n) is 7.97. The predicted molar refractivity (Wildman–Crippen MR) is 84.4 cm³/mol. The van der Waals surface area contributed by atoms with Gasteiger partial charge in [-0.15, -0.1) is 11.8 Å². The Hall–Kier alpha value is -0.910. The van der Waals surface area contributed by atoms with Gasteiger partial charge in [0.15, 0.2) is 0 Å². The second-order valence-corrected chi connectivity index (χ2v) is 7.30. The lowest BCUT2D eigenvalue weighted by Gasteiger charge is -2.32. The molecule has 6 heteroatoms. The summed E-state index contributed by atoms with van der Waals surface area (Å²) in [6, 6.07) is -0.786. The van der Waals surface area contributed by atoms with Crippen molar-refractivity contribution in [2.24, 2.45) is 5.92 Å². The first-order valence-corrected chi connectivity index (χ1v) is 9.02. The predicted octanol–water partition coefficient (Wildman–Crippen LogP) is 2.90. The van der Waals surface area contributed by atoms with Gasteiger partial charge >= 0.3 is 12.0 Å². The number of carboxylic acid groups (broad SMARTS) is 1. The van der Waals surface area contributed by atoms with E-state index in [1.54, 1.807) is 11.8 Å². The zero-order valence-electron chi connectivity index (χ0n) is 12.9. The van der Waals surface area contributed by atoms with Crippen LogP contribution in [0.3, 0.4) is 0 Å². The largest absolute Gasteiger partial charge is 0.480 e. The fourth-order valence-electron chi connectivity index (χ4n) is 3.36. The summed E-state index contributed by atoms with van der Waals surface area (Å²) in [5.74, 6) is 0.110. The fourth-order valence-corrected chi connectivity index (χ4v) is 4.71. The minimum absolute atomic E-state index is 0.0235. The highest BCUT2D eigenvalue weighted by atomic mass is 32.2. The van der Waals surface area contributed by atoms with Crippen molar-refractivity contribution in [1.29, 1.82) is 0 Å². The summed E-state index contributed by atoms with van der Waals surface area (Å²) >= 11 is 1.56. The molecular formula is C15H26N2O3S. The number of thioether (sulfide) groups is 1. The van der Waals surface area contributed by atoms with E-state index in [2.05, 4.69) is 5.32 Å². The molecule has 3 atom stereocenters. The van der Waals surface area contributed by atoms with Gasteiger partial charge in [0.05, 0.1) is 5.37 Å². The molecular weight excluding hydrogens is 288 g/mol. The molecule has 1 aliphatic heterocycles. The average Bonchev–Trinajstić information content (AvgIpc) is 2.92. The van der Waals surface area contributed by atoms with Gasteiger partial charge in [-0.2, -0.15) is 0 Å². The average molecular weight is 314 g/mol. The molecule has 2 fully saturated rings. The molecule has 0 aromatic heterocycles. The van der Waals surface area contributed by atoms with Crippen molar-refractivity contribution < 1.29 is 14.7 Å². The number of carbonyl (C=O) groups excluding carboxylic acids is 1. The third-order valence-electron chi connectivity index (χ3n) is 4.67. The van der Waals surface area contributed by atoms with Crippen LogP contribution in [0.4, 0.5) is 4.79 Å². The summed E-state index contributed by atoms with van der Waals surface area (Å²) in [4.78, 5) is 25.4.